The number of aromatic nitrogens is 4. The number of rotatable bonds is 5. The number of ether oxygens (including phenoxy) is 1. The molecule has 2 aromatic rings. The normalized spacial score (nSPS) is 18.6. The highest BCUT2D eigenvalue weighted by Crippen LogP contribution is 2.21. The highest BCUT2D eigenvalue weighted by atomic mass is 16.5. The van der Waals surface area contributed by atoms with E-state index in [1.807, 2.05) is 12.1 Å². The molecule has 1 atom stereocenters. The molecule has 1 fully saturated rings. The molecule has 118 valence electrons. The molecule has 1 saturated heterocycles. The topological polar surface area (TPSA) is 84.6 Å². The summed E-state index contributed by atoms with van der Waals surface area (Å²) in [5, 5.41) is 15.2. The number of anilines is 1. The van der Waals surface area contributed by atoms with E-state index in [2.05, 4.69) is 25.5 Å². The van der Waals surface area contributed by atoms with Crippen LogP contribution in [0.5, 0.6) is 0 Å². The van der Waals surface area contributed by atoms with Gasteiger partial charge in [-0.3, -0.25) is 4.79 Å². The third-order valence-corrected chi connectivity index (χ3v) is 3.87. The van der Waals surface area contributed by atoms with Gasteiger partial charge in [-0.15, -0.1) is 15.3 Å². The molecule has 1 amide bonds. The molecule has 1 aliphatic heterocycles. The zero-order chi connectivity index (χ0) is 15.4. The molecule has 0 radical (unpaired) electrons. The number of carbonyl (C=O) groups excluding carboxylic acids is 1. The van der Waals surface area contributed by atoms with Crippen LogP contribution in [0.15, 0.2) is 18.5 Å². The Balaban J connectivity index is 1.65. The predicted octanol–water partition coefficient (Wildman–Crippen LogP) is 0.103. The van der Waals surface area contributed by atoms with Crippen LogP contribution in [0.2, 0.25) is 0 Å². The van der Waals surface area contributed by atoms with Crippen molar-refractivity contribution < 1.29 is 9.53 Å². The zero-order valence-electron chi connectivity index (χ0n) is 12.6. The quantitative estimate of drug-likeness (QED) is 0.789. The average molecular weight is 304 g/mol. The fourth-order valence-corrected chi connectivity index (χ4v) is 2.71. The number of nitrogens with zero attached hydrogens (tertiary/aromatic N) is 5. The van der Waals surface area contributed by atoms with E-state index < -0.39 is 0 Å². The lowest BCUT2D eigenvalue weighted by atomic mass is 9.97. The SMILES string of the molecule is COCCNC(=O)C1CCCN(c2ccc3nncn3n2)C1. The molecule has 0 saturated carbocycles. The summed E-state index contributed by atoms with van der Waals surface area (Å²) in [5.41, 5.74) is 0.717. The highest BCUT2D eigenvalue weighted by Gasteiger charge is 2.26. The molecule has 0 aliphatic carbocycles. The fraction of sp³-hybridized carbons (Fsp3) is 0.571. The Kier molecular flexibility index (Phi) is 4.47. The Labute approximate surface area is 128 Å². The van der Waals surface area contributed by atoms with Crippen LogP contribution >= 0.6 is 0 Å². The standard InChI is InChI=1S/C14H20N6O2/c1-22-8-6-15-14(21)11-3-2-7-19(9-11)13-5-4-12-17-16-10-20(12)18-13/h4-5,10-11H,2-3,6-9H2,1H3,(H,15,21). The van der Waals surface area contributed by atoms with E-state index >= 15 is 0 Å². The van der Waals surface area contributed by atoms with Crippen molar-refractivity contribution in [1.82, 2.24) is 25.1 Å². The number of carbonyl (C=O) groups is 1. The van der Waals surface area contributed by atoms with Crippen molar-refractivity contribution in [3.05, 3.63) is 18.5 Å². The van der Waals surface area contributed by atoms with Gasteiger partial charge in [0.05, 0.1) is 12.5 Å². The van der Waals surface area contributed by atoms with Gasteiger partial charge in [0, 0.05) is 26.7 Å². The Hall–Kier alpha value is -2.22. The van der Waals surface area contributed by atoms with Gasteiger partial charge in [0.1, 0.15) is 12.1 Å². The highest BCUT2D eigenvalue weighted by molar-refractivity contribution is 5.79. The molecule has 3 heterocycles. The largest absolute Gasteiger partial charge is 0.383 e. The van der Waals surface area contributed by atoms with E-state index in [0.717, 1.165) is 30.9 Å². The van der Waals surface area contributed by atoms with Gasteiger partial charge in [-0.2, -0.15) is 4.52 Å². The van der Waals surface area contributed by atoms with Gasteiger partial charge in [-0.25, -0.2) is 0 Å². The Morgan fingerprint density at radius 1 is 1.50 bits per heavy atom. The van der Waals surface area contributed by atoms with Crippen molar-refractivity contribution in [2.75, 3.05) is 38.3 Å². The Morgan fingerprint density at radius 3 is 3.27 bits per heavy atom. The second-order valence-electron chi connectivity index (χ2n) is 5.39. The van der Waals surface area contributed by atoms with Gasteiger partial charge in [0.2, 0.25) is 5.91 Å². The lowest BCUT2D eigenvalue weighted by Gasteiger charge is -2.32. The summed E-state index contributed by atoms with van der Waals surface area (Å²) in [5.74, 6) is 0.929. The van der Waals surface area contributed by atoms with Crippen LogP contribution in [0.3, 0.4) is 0 Å². The molecule has 8 heteroatoms. The number of nitrogens with one attached hydrogen (secondary N) is 1. The molecule has 1 N–H and O–H groups in total. The molecule has 0 spiro atoms. The third-order valence-electron chi connectivity index (χ3n) is 3.87. The number of hydrogen-bond donors (Lipinski definition) is 1. The first-order valence-corrected chi connectivity index (χ1v) is 7.46. The van der Waals surface area contributed by atoms with Crippen LogP contribution in [0.4, 0.5) is 5.82 Å². The summed E-state index contributed by atoms with van der Waals surface area (Å²) in [6, 6.07) is 3.81. The fourth-order valence-electron chi connectivity index (χ4n) is 2.71. The van der Waals surface area contributed by atoms with Crippen LogP contribution < -0.4 is 10.2 Å². The summed E-state index contributed by atoms with van der Waals surface area (Å²) in [7, 11) is 1.63. The van der Waals surface area contributed by atoms with Crippen LogP contribution in [-0.2, 0) is 9.53 Å². The van der Waals surface area contributed by atoms with Gasteiger partial charge in [0.15, 0.2) is 5.65 Å². The molecule has 2 aromatic heterocycles. The monoisotopic (exact) mass is 304 g/mol. The molecular formula is C14H20N6O2. The van der Waals surface area contributed by atoms with E-state index in [1.54, 1.807) is 18.0 Å². The maximum absolute atomic E-state index is 12.2. The molecular weight excluding hydrogens is 284 g/mol. The first kappa shape index (κ1) is 14.7. The molecule has 0 aromatic carbocycles. The maximum atomic E-state index is 12.2. The van der Waals surface area contributed by atoms with Crippen molar-refractivity contribution in [1.29, 1.82) is 0 Å². The molecule has 22 heavy (non-hydrogen) atoms. The summed E-state index contributed by atoms with van der Waals surface area (Å²) in [6.45, 7) is 2.67. The maximum Gasteiger partial charge on any atom is 0.224 e. The number of piperidine rings is 1. The third kappa shape index (κ3) is 3.16. The van der Waals surface area contributed by atoms with Crippen molar-refractivity contribution in [2.45, 2.75) is 12.8 Å². The summed E-state index contributed by atoms with van der Waals surface area (Å²) in [6.07, 6.45) is 3.46. The summed E-state index contributed by atoms with van der Waals surface area (Å²) in [4.78, 5) is 14.3. The van der Waals surface area contributed by atoms with Crippen LogP contribution in [0.25, 0.3) is 5.65 Å². The van der Waals surface area contributed by atoms with E-state index in [1.165, 1.54) is 0 Å². The number of amides is 1. The summed E-state index contributed by atoms with van der Waals surface area (Å²) >= 11 is 0. The first-order chi connectivity index (χ1) is 10.8. The van der Waals surface area contributed by atoms with E-state index in [-0.39, 0.29) is 11.8 Å². The van der Waals surface area contributed by atoms with Gasteiger partial charge < -0.3 is 15.0 Å². The van der Waals surface area contributed by atoms with E-state index in [4.69, 9.17) is 4.74 Å². The minimum absolute atomic E-state index is 0.0102. The molecule has 1 unspecified atom stereocenters. The van der Waals surface area contributed by atoms with Crippen LogP contribution in [0.1, 0.15) is 12.8 Å². The lowest BCUT2D eigenvalue weighted by Crippen LogP contribution is -2.44. The molecule has 8 nitrogen and oxygen atoms in total. The smallest absolute Gasteiger partial charge is 0.224 e. The molecule has 0 bridgehead atoms. The second-order valence-corrected chi connectivity index (χ2v) is 5.39. The summed E-state index contributed by atoms with van der Waals surface area (Å²) < 4.78 is 6.60. The zero-order valence-corrected chi connectivity index (χ0v) is 12.6. The van der Waals surface area contributed by atoms with Crippen LogP contribution in [-0.4, -0.2) is 59.1 Å². The number of hydrogen-bond acceptors (Lipinski definition) is 6. The predicted molar refractivity (Wildman–Crippen MR) is 80.6 cm³/mol. The van der Waals surface area contributed by atoms with Crippen molar-refractivity contribution in [2.24, 2.45) is 5.92 Å². The Bertz CT molecular complexity index is 643. The molecule has 3 rings (SSSR count). The van der Waals surface area contributed by atoms with E-state index in [0.29, 0.717) is 19.7 Å². The minimum Gasteiger partial charge on any atom is -0.383 e. The second kappa shape index (κ2) is 6.69. The van der Waals surface area contributed by atoms with Crippen LogP contribution in [0, 0.1) is 5.92 Å². The van der Waals surface area contributed by atoms with Crippen molar-refractivity contribution in [3.63, 3.8) is 0 Å². The number of methoxy groups -OCH3 is 1. The van der Waals surface area contributed by atoms with Gasteiger partial charge >= 0.3 is 0 Å². The minimum atomic E-state index is -0.0102. The lowest BCUT2D eigenvalue weighted by molar-refractivity contribution is -0.125. The van der Waals surface area contributed by atoms with E-state index in [9.17, 15) is 4.79 Å². The van der Waals surface area contributed by atoms with Crippen molar-refractivity contribution >= 4 is 17.4 Å². The van der Waals surface area contributed by atoms with Gasteiger partial charge in [0.25, 0.3) is 0 Å². The van der Waals surface area contributed by atoms with Gasteiger partial charge in [-0.1, -0.05) is 0 Å². The van der Waals surface area contributed by atoms with Crippen molar-refractivity contribution in [3.8, 4) is 0 Å². The number of fused-ring (bicyclic) bond motifs is 1. The molecule has 1 aliphatic rings. The first-order valence-electron chi connectivity index (χ1n) is 7.46. The average Bonchev–Trinajstić information content (AvgIpc) is 3.02. The van der Waals surface area contributed by atoms with Gasteiger partial charge in [-0.05, 0) is 25.0 Å². The Morgan fingerprint density at radius 2 is 2.41 bits per heavy atom.